The number of esters is 2. The first kappa shape index (κ1) is 19.2. The van der Waals surface area contributed by atoms with Gasteiger partial charge in [-0.25, -0.2) is 0 Å². The average Bonchev–Trinajstić information content (AvgIpc) is 2.65. The third-order valence-corrected chi connectivity index (χ3v) is 5.36. The van der Waals surface area contributed by atoms with Gasteiger partial charge in [-0.3, -0.25) is 14.4 Å². The van der Waals surface area contributed by atoms with Crippen molar-refractivity contribution in [2.24, 2.45) is 17.8 Å². The normalized spacial score (nSPS) is 19.0. The van der Waals surface area contributed by atoms with Crippen LogP contribution in [0.15, 0.2) is 36.4 Å². The summed E-state index contributed by atoms with van der Waals surface area (Å²) < 4.78 is 9.61. The van der Waals surface area contributed by atoms with E-state index < -0.39 is 29.7 Å². The van der Waals surface area contributed by atoms with Crippen LogP contribution < -0.4 is 0 Å². The van der Waals surface area contributed by atoms with Crippen molar-refractivity contribution in [1.82, 2.24) is 0 Å². The molecule has 0 aromatic heterocycles. The number of benzene rings is 1. The van der Waals surface area contributed by atoms with Crippen LogP contribution in [0, 0.1) is 17.8 Å². The highest BCUT2D eigenvalue weighted by Gasteiger charge is 2.42. The van der Waals surface area contributed by atoms with Crippen LogP contribution in [-0.4, -0.2) is 43.4 Å². The van der Waals surface area contributed by atoms with Crippen LogP contribution >= 0.6 is 11.8 Å². The Hall–Kier alpha value is -2.08. The number of ketones is 1. The van der Waals surface area contributed by atoms with Crippen LogP contribution in [0.1, 0.15) is 12.0 Å². The zero-order chi connectivity index (χ0) is 18.2. The van der Waals surface area contributed by atoms with Crippen molar-refractivity contribution >= 4 is 35.6 Å². The number of methoxy groups -OCH3 is 2. The fourth-order valence-electron chi connectivity index (χ4n) is 2.92. The standard InChI is InChI=1S/C19H22O5S/c1-23-18(21)17(19(22)24-2)14(15-12-25-11-10-16(15)20)9-8-13-6-4-3-5-7-13/h3-9,14-15,17H,10-12H2,1-2H3/b9-8+/t14-,15-/m0/s1. The predicted molar refractivity (Wildman–Crippen MR) is 96.9 cm³/mol. The first-order chi connectivity index (χ1) is 12.1. The molecule has 1 saturated heterocycles. The lowest BCUT2D eigenvalue weighted by Gasteiger charge is -2.30. The van der Waals surface area contributed by atoms with Crippen molar-refractivity contribution in [1.29, 1.82) is 0 Å². The predicted octanol–water partition coefficient (Wildman–Crippen LogP) is 2.60. The van der Waals surface area contributed by atoms with Gasteiger partial charge in [-0.15, -0.1) is 0 Å². The van der Waals surface area contributed by atoms with E-state index >= 15 is 0 Å². The second kappa shape index (κ2) is 9.42. The molecule has 0 N–H and O–H groups in total. The van der Waals surface area contributed by atoms with Crippen LogP contribution in [0.3, 0.4) is 0 Å². The number of hydrogen-bond donors (Lipinski definition) is 0. The Morgan fingerprint density at radius 3 is 2.36 bits per heavy atom. The molecule has 2 atom stereocenters. The van der Waals surface area contributed by atoms with E-state index in [2.05, 4.69) is 0 Å². The fraction of sp³-hybridized carbons (Fsp3) is 0.421. The molecule has 0 amide bonds. The molecule has 1 aromatic carbocycles. The molecule has 1 fully saturated rings. The van der Waals surface area contributed by atoms with E-state index in [4.69, 9.17) is 9.47 Å². The molecule has 6 heteroatoms. The maximum Gasteiger partial charge on any atom is 0.320 e. The van der Waals surface area contributed by atoms with Gasteiger partial charge >= 0.3 is 11.9 Å². The van der Waals surface area contributed by atoms with Gasteiger partial charge in [-0.2, -0.15) is 11.8 Å². The highest BCUT2D eigenvalue weighted by molar-refractivity contribution is 7.99. The van der Waals surface area contributed by atoms with Crippen LogP contribution in [0.4, 0.5) is 0 Å². The highest BCUT2D eigenvalue weighted by Crippen LogP contribution is 2.33. The van der Waals surface area contributed by atoms with Crippen LogP contribution in [-0.2, 0) is 23.9 Å². The molecule has 0 radical (unpaired) electrons. The Bertz CT molecular complexity index is 624. The fourth-order valence-corrected chi connectivity index (χ4v) is 4.09. The molecule has 134 valence electrons. The largest absolute Gasteiger partial charge is 0.468 e. The third kappa shape index (κ3) is 4.95. The number of hydrogen-bond acceptors (Lipinski definition) is 6. The molecule has 25 heavy (non-hydrogen) atoms. The van der Waals surface area contributed by atoms with E-state index in [1.807, 2.05) is 36.4 Å². The number of carbonyl (C=O) groups is 3. The SMILES string of the molecule is COC(=O)C(C(=O)OC)[C@@H](/C=C/c1ccccc1)[C@@H]1CSCCC1=O. The quantitative estimate of drug-likeness (QED) is 0.572. The molecule has 0 aliphatic carbocycles. The van der Waals surface area contributed by atoms with Crippen LogP contribution in [0.5, 0.6) is 0 Å². The van der Waals surface area contributed by atoms with E-state index in [0.717, 1.165) is 11.3 Å². The molecule has 1 aliphatic heterocycles. The molecule has 0 spiro atoms. The van der Waals surface area contributed by atoms with E-state index in [9.17, 15) is 14.4 Å². The number of allylic oxidation sites excluding steroid dienone is 1. The number of thioether (sulfide) groups is 1. The summed E-state index contributed by atoms with van der Waals surface area (Å²) in [6.45, 7) is 0. The van der Waals surface area contributed by atoms with Crippen molar-refractivity contribution in [2.45, 2.75) is 6.42 Å². The first-order valence-corrected chi connectivity index (χ1v) is 9.23. The van der Waals surface area contributed by atoms with Crippen molar-refractivity contribution in [3.63, 3.8) is 0 Å². The third-order valence-electron chi connectivity index (χ3n) is 4.27. The van der Waals surface area contributed by atoms with E-state index in [0.29, 0.717) is 12.2 Å². The van der Waals surface area contributed by atoms with Gasteiger partial charge < -0.3 is 9.47 Å². The minimum atomic E-state index is -1.15. The summed E-state index contributed by atoms with van der Waals surface area (Å²) in [6, 6.07) is 9.52. The summed E-state index contributed by atoms with van der Waals surface area (Å²) >= 11 is 1.65. The molecule has 1 aliphatic rings. The molecule has 0 bridgehead atoms. The number of rotatable bonds is 6. The Balaban J connectivity index is 2.38. The molecule has 0 unspecified atom stereocenters. The van der Waals surface area contributed by atoms with E-state index in [1.54, 1.807) is 17.8 Å². The zero-order valence-electron chi connectivity index (χ0n) is 14.3. The second-order valence-corrected chi connectivity index (χ2v) is 6.92. The second-order valence-electron chi connectivity index (χ2n) is 5.77. The Kier molecular flexibility index (Phi) is 7.25. The summed E-state index contributed by atoms with van der Waals surface area (Å²) in [5.74, 6) is -2.11. The summed E-state index contributed by atoms with van der Waals surface area (Å²) in [5.41, 5.74) is 0.928. The maximum absolute atomic E-state index is 12.4. The molecule has 1 aromatic rings. The lowest BCUT2D eigenvalue weighted by molar-refractivity contribution is -0.161. The van der Waals surface area contributed by atoms with Gasteiger partial charge in [0.25, 0.3) is 0 Å². The highest BCUT2D eigenvalue weighted by atomic mass is 32.2. The molecule has 0 saturated carbocycles. The van der Waals surface area contributed by atoms with Crippen molar-refractivity contribution in [3.05, 3.63) is 42.0 Å². The van der Waals surface area contributed by atoms with Gasteiger partial charge in [0.15, 0.2) is 5.92 Å². The topological polar surface area (TPSA) is 69.7 Å². The number of carbonyl (C=O) groups excluding carboxylic acids is 3. The Labute approximate surface area is 151 Å². The summed E-state index contributed by atoms with van der Waals surface area (Å²) in [4.78, 5) is 36.9. The molecule has 2 rings (SSSR count). The van der Waals surface area contributed by atoms with Gasteiger partial charge in [0.1, 0.15) is 5.78 Å². The Morgan fingerprint density at radius 2 is 1.80 bits per heavy atom. The minimum Gasteiger partial charge on any atom is -0.468 e. The zero-order valence-corrected chi connectivity index (χ0v) is 15.2. The van der Waals surface area contributed by atoms with Gasteiger partial charge in [0, 0.05) is 29.8 Å². The Morgan fingerprint density at radius 1 is 1.16 bits per heavy atom. The van der Waals surface area contributed by atoms with E-state index in [-0.39, 0.29) is 5.78 Å². The van der Waals surface area contributed by atoms with Crippen molar-refractivity contribution in [3.8, 4) is 0 Å². The lowest BCUT2D eigenvalue weighted by atomic mass is 9.78. The number of Topliss-reactive ketones (excluding diaryl/α,β-unsaturated/α-hetero) is 1. The lowest BCUT2D eigenvalue weighted by Crippen LogP contribution is -2.41. The number of ether oxygens (including phenoxy) is 2. The van der Waals surface area contributed by atoms with Crippen molar-refractivity contribution in [2.75, 3.05) is 25.7 Å². The van der Waals surface area contributed by atoms with E-state index in [1.165, 1.54) is 14.2 Å². The maximum atomic E-state index is 12.4. The van der Waals surface area contributed by atoms with Gasteiger partial charge in [0.2, 0.25) is 0 Å². The average molecular weight is 362 g/mol. The van der Waals surface area contributed by atoms with Gasteiger partial charge in [0.05, 0.1) is 14.2 Å². The van der Waals surface area contributed by atoms with Crippen molar-refractivity contribution < 1.29 is 23.9 Å². The van der Waals surface area contributed by atoms with Gasteiger partial charge in [-0.1, -0.05) is 42.5 Å². The first-order valence-electron chi connectivity index (χ1n) is 8.07. The summed E-state index contributed by atoms with van der Waals surface area (Å²) in [5, 5.41) is 0. The molecule has 1 heterocycles. The van der Waals surface area contributed by atoms with Crippen LogP contribution in [0.25, 0.3) is 6.08 Å². The monoisotopic (exact) mass is 362 g/mol. The summed E-state index contributed by atoms with van der Waals surface area (Å²) in [6.07, 6.45) is 4.04. The molecular formula is C19H22O5S. The smallest absolute Gasteiger partial charge is 0.320 e. The van der Waals surface area contributed by atoms with Crippen LogP contribution in [0.2, 0.25) is 0 Å². The summed E-state index contributed by atoms with van der Waals surface area (Å²) in [7, 11) is 2.46. The van der Waals surface area contributed by atoms with Gasteiger partial charge in [-0.05, 0) is 5.56 Å². The molecular weight excluding hydrogens is 340 g/mol. The molecule has 5 nitrogen and oxygen atoms in total. The minimum absolute atomic E-state index is 0.0688.